The highest BCUT2D eigenvalue weighted by Gasteiger charge is 2.17. The van der Waals surface area contributed by atoms with Gasteiger partial charge in [0.2, 0.25) is 0 Å². The first kappa shape index (κ1) is 20.3. The maximum absolute atomic E-state index is 12.4. The maximum Gasteiger partial charge on any atom is 0.323 e. The monoisotopic (exact) mass is 701 g/mol. The van der Waals surface area contributed by atoms with E-state index in [0.29, 0.717) is 5.69 Å². The number of carbonyl (C=O) groups excluding carboxylic acids is 1. The van der Waals surface area contributed by atoms with Crippen molar-refractivity contribution in [2.45, 2.75) is 0 Å². The van der Waals surface area contributed by atoms with Gasteiger partial charge >= 0.3 is 6.03 Å². The van der Waals surface area contributed by atoms with Crippen LogP contribution in [0.25, 0.3) is 10.9 Å². The molecule has 1 heterocycles. The summed E-state index contributed by atoms with van der Waals surface area (Å²) in [4.78, 5) is 39.2. The molecule has 2 aromatic carbocycles. The highest BCUT2D eigenvalue weighted by molar-refractivity contribution is 14.1. The number of urea groups is 1. The van der Waals surface area contributed by atoms with E-state index in [2.05, 4.69) is 83.4 Å². The molecule has 0 bridgehead atoms. The highest BCUT2D eigenvalue weighted by Crippen LogP contribution is 2.29. The number of para-hydroxylation sites is 1. The fourth-order valence-electron chi connectivity index (χ4n) is 2.37. The molecule has 0 aliphatic rings. The number of carbonyl (C=O) groups is 1. The lowest BCUT2D eigenvalue weighted by molar-refractivity contribution is 0.262. The fourth-order valence-corrected chi connectivity index (χ4v) is 6.22. The molecule has 0 unspecified atom stereocenters. The summed E-state index contributed by atoms with van der Waals surface area (Å²) < 4.78 is 2.64. The van der Waals surface area contributed by atoms with E-state index in [4.69, 9.17) is 0 Å². The molecule has 0 fully saturated rings. The number of nitrogens with one attached hydrogen (secondary N) is 3. The number of aromatic nitrogens is 1. The number of hydrogen-bond acceptors (Lipinski definition) is 4. The van der Waals surface area contributed by atoms with Crippen LogP contribution in [0.3, 0.4) is 0 Å². The topological polar surface area (TPSA) is 111 Å². The van der Waals surface area contributed by atoms with Crippen LogP contribution >= 0.6 is 67.8 Å². The van der Waals surface area contributed by atoms with Crippen molar-refractivity contribution in [2.75, 3.05) is 10.6 Å². The van der Waals surface area contributed by atoms with Crippen molar-refractivity contribution in [1.29, 1.82) is 0 Å². The van der Waals surface area contributed by atoms with Crippen molar-refractivity contribution in [2.24, 2.45) is 0 Å². The van der Waals surface area contributed by atoms with Gasteiger partial charge in [0.1, 0.15) is 5.69 Å². The molecule has 0 saturated heterocycles. The Hall–Kier alpha value is -1.42. The number of aromatic hydroxyl groups is 1. The Kier molecular flexibility index (Phi) is 6.25. The van der Waals surface area contributed by atoms with E-state index in [1.165, 1.54) is 6.07 Å². The lowest BCUT2D eigenvalue weighted by Gasteiger charge is -2.11. The minimum atomic E-state index is -1.04. The molecule has 0 atom stereocenters. The van der Waals surface area contributed by atoms with Gasteiger partial charge in [-0.1, -0.05) is 12.1 Å². The third-order valence-corrected chi connectivity index (χ3v) is 5.91. The Balaban J connectivity index is 2.04. The number of halogens is 3. The first-order chi connectivity index (χ1) is 12.8. The molecule has 3 rings (SSSR count). The average Bonchev–Trinajstić information content (AvgIpc) is 2.69. The van der Waals surface area contributed by atoms with Crippen LogP contribution in [0.4, 0.5) is 16.2 Å². The maximum atomic E-state index is 12.4. The van der Waals surface area contributed by atoms with Gasteiger partial charge in [-0.3, -0.25) is 9.59 Å². The second-order valence-corrected chi connectivity index (χ2v) is 8.95. The molecule has 1 aromatic heterocycles. The smallest absolute Gasteiger partial charge is 0.323 e. The SMILES string of the molecule is O=C(Nc1c(I)cc(I)cc1I)Nc1c(O)c2ccccc2[nH]c(=O)c1=O. The van der Waals surface area contributed by atoms with Crippen LogP contribution in [0.2, 0.25) is 0 Å². The van der Waals surface area contributed by atoms with Crippen molar-refractivity contribution < 1.29 is 9.90 Å². The van der Waals surface area contributed by atoms with E-state index in [9.17, 15) is 19.5 Å². The third kappa shape index (κ3) is 4.37. The lowest BCUT2D eigenvalue weighted by atomic mass is 10.2. The summed E-state index contributed by atoms with van der Waals surface area (Å²) in [5.74, 6) is -0.476. The zero-order valence-electron chi connectivity index (χ0n) is 13.3. The van der Waals surface area contributed by atoms with E-state index < -0.39 is 28.5 Å². The molecule has 138 valence electrons. The number of rotatable bonds is 2. The summed E-state index contributed by atoms with van der Waals surface area (Å²) >= 11 is 6.35. The molecule has 10 heteroatoms. The predicted molar refractivity (Wildman–Crippen MR) is 130 cm³/mol. The molecule has 0 aliphatic heterocycles. The largest absolute Gasteiger partial charge is 0.505 e. The number of anilines is 2. The summed E-state index contributed by atoms with van der Waals surface area (Å²) in [7, 11) is 0. The number of aromatic amines is 1. The molecular weight excluding hydrogens is 691 g/mol. The molecule has 3 aromatic rings. The van der Waals surface area contributed by atoms with Gasteiger partial charge in [-0.15, -0.1) is 0 Å². The van der Waals surface area contributed by atoms with Gasteiger partial charge in [0.05, 0.1) is 11.2 Å². The van der Waals surface area contributed by atoms with Gasteiger partial charge in [0.15, 0.2) is 5.75 Å². The number of fused-ring (bicyclic) bond motifs is 1. The first-order valence-corrected chi connectivity index (χ1v) is 10.6. The quantitative estimate of drug-likeness (QED) is 0.239. The summed E-state index contributed by atoms with van der Waals surface area (Å²) in [6.07, 6.45) is 0. The van der Waals surface area contributed by atoms with Gasteiger partial charge in [0, 0.05) is 16.1 Å². The number of H-pyrrole nitrogens is 1. The summed E-state index contributed by atoms with van der Waals surface area (Å²) in [6.45, 7) is 0. The summed E-state index contributed by atoms with van der Waals surface area (Å²) in [5.41, 5.74) is -1.61. The normalized spacial score (nSPS) is 10.6. The summed E-state index contributed by atoms with van der Waals surface area (Å²) in [5, 5.41) is 15.7. The third-order valence-electron chi connectivity index (χ3n) is 3.58. The Labute approximate surface area is 193 Å². The first-order valence-electron chi connectivity index (χ1n) is 7.38. The van der Waals surface area contributed by atoms with Crippen LogP contribution in [0.1, 0.15) is 0 Å². The van der Waals surface area contributed by atoms with Gasteiger partial charge < -0.3 is 20.7 Å². The molecule has 2 amide bonds. The average molecular weight is 701 g/mol. The number of amides is 2. The van der Waals surface area contributed by atoms with Crippen LogP contribution in [0, 0.1) is 10.7 Å². The molecule has 7 nitrogen and oxygen atoms in total. The number of benzene rings is 2. The predicted octanol–water partition coefficient (Wildman–Crippen LogP) is 4.05. The zero-order chi connectivity index (χ0) is 19.7. The molecule has 0 radical (unpaired) electrons. The minimum Gasteiger partial charge on any atom is -0.505 e. The van der Waals surface area contributed by atoms with Crippen LogP contribution < -0.4 is 21.6 Å². The standard InChI is InChI=1S/C17H10I3N3O4/c18-7-5-9(19)12(10(20)6-7)22-17(27)23-13-14(24)8-3-1-2-4-11(8)21-16(26)15(13)25/h1-6H,(H4,21,22,23,24,25,26,27). The van der Waals surface area contributed by atoms with Crippen molar-refractivity contribution in [3.8, 4) is 5.75 Å². The van der Waals surface area contributed by atoms with Crippen molar-refractivity contribution in [3.05, 3.63) is 67.7 Å². The Bertz CT molecular complexity index is 1170. The molecule has 0 aliphatic carbocycles. The van der Waals surface area contributed by atoms with E-state index in [-0.39, 0.29) is 10.9 Å². The van der Waals surface area contributed by atoms with Gasteiger partial charge in [-0.25, -0.2) is 4.79 Å². The van der Waals surface area contributed by atoms with Crippen LogP contribution in [-0.4, -0.2) is 16.1 Å². The number of hydrogen-bond donors (Lipinski definition) is 4. The van der Waals surface area contributed by atoms with Crippen LogP contribution in [0.15, 0.2) is 46.0 Å². The Morgan fingerprint density at radius 1 is 0.963 bits per heavy atom. The van der Waals surface area contributed by atoms with Crippen molar-refractivity contribution >= 4 is 96.1 Å². The Morgan fingerprint density at radius 3 is 2.22 bits per heavy atom. The molecule has 0 saturated carbocycles. The van der Waals surface area contributed by atoms with E-state index in [0.717, 1.165) is 10.7 Å². The van der Waals surface area contributed by atoms with E-state index in [1.54, 1.807) is 18.2 Å². The second-order valence-electron chi connectivity index (χ2n) is 5.38. The fraction of sp³-hybridized carbons (Fsp3) is 0. The van der Waals surface area contributed by atoms with Crippen LogP contribution in [-0.2, 0) is 0 Å². The molecule has 0 spiro atoms. The van der Waals surface area contributed by atoms with Gasteiger partial charge in [0.25, 0.3) is 11.0 Å². The van der Waals surface area contributed by atoms with Crippen LogP contribution in [0.5, 0.6) is 5.75 Å². The van der Waals surface area contributed by atoms with E-state index >= 15 is 0 Å². The zero-order valence-corrected chi connectivity index (χ0v) is 19.7. The van der Waals surface area contributed by atoms with Gasteiger partial charge in [-0.2, -0.15) is 0 Å². The minimum absolute atomic E-state index is 0.241. The Morgan fingerprint density at radius 2 is 1.56 bits per heavy atom. The van der Waals surface area contributed by atoms with E-state index in [1.807, 2.05) is 12.1 Å². The molecule has 27 heavy (non-hydrogen) atoms. The molecular formula is C17H10I3N3O4. The lowest BCUT2D eigenvalue weighted by Crippen LogP contribution is -2.30. The second kappa shape index (κ2) is 8.30. The van der Waals surface area contributed by atoms with Crippen molar-refractivity contribution in [3.63, 3.8) is 0 Å². The van der Waals surface area contributed by atoms with Crippen molar-refractivity contribution in [1.82, 2.24) is 4.98 Å². The summed E-state index contributed by atoms with van der Waals surface area (Å²) in [6, 6.07) is 9.42. The molecule has 4 N–H and O–H groups in total. The van der Waals surface area contributed by atoms with Gasteiger partial charge in [-0.05, 0) is 92.0 Å². The highest BCUT2D eigenvalue weighted by atomic mass is 127.